The van der Waals surface area contributed by atoms with Crippen molar-refractivity contribution < 1.29 is 4.92 Å². The predicted molar refractivity (Wildman–Crippen MR) is 71.7 cm³/mol. The van der Waals surface area contributed by atoms with E-state index >= 15 is 0 Å². The van der Waals surface area contributed by atoms with Gasteiger partial charge < -0.3 is 0 Å². The Morgan fingerprint density at radius 3 is 2.28 bits per heavy atom. The molecule has 0 radical (unpaired) electrons. The molecule has 0 aromatic heterocycles. The van der Waals surface area contributed by atoms with E-state index in [9.17, 15) is 10.1 Å². The van der Waals surface area contributed by atoms with Crippen LogP contribution in [0.5, 0.6) is 0 Å². The van der Waals surface area contributed by atoms with E-state index in [0.717, 1.165) is 0 Å². The number of nitrogens with zero attached hydrogens (tertiary/aromatic N) is 1. The van der Waals surface area contributed by atoms with Crippen LogP contribution in [0.4, 0.5) is 0 Å². The second-order valence-corrected chi connectivity index (χ2v) is 4.61. The van der Waals surface area contributed by atoms with Gasteiger partial charge in [0, 0.05) is 21.1 Å². The number of benzene rings is 2. The lowest BCUT2D eigenvalue weighted by molar-refractivity contribution is -0.517. The van der Waals surface area contributed by atoms with Crippen molar-refractivity contribution in [3.63, 3.8) is 0 Å². The normalized spacial score (nSPS) is 12.1. The van der Waals surface area contributed by atoms with Crippen molar-refractivity contribution in [3.8, 4) is 0 Å². The highest BCUT2D eigenvalue weighted by Crippen LogP contribution is 2.32. The monoisotopic (exact) mass is 281 g/mol. The molecule has 0 aliphatic rings. The molecule has 0 fully saturated rings. The molecule has 0 aliphatic carbocycles. The molecule has 2 aromatic rings. The quantitative estimate of drug-likeness (QED) is 0.620. The number of rotatable bonds is 3. The lowest BCUT2D eigenvalue weighted by atomic mass is 9.99. The smallest absolute Gasteiger partial charge is 0.264 e. The molecule has 92 valence electrons. The molecule has 0 saturated carbocycles. The summed E-state index contributed by atoms with van der Waals surface area (Å²) in [7, 11) is 0. The second-order valence-electron chi connectivity index (χ2n) is 3.76. The van der Waals surface area contributed by atoms with Crippen LogP contribution in [0.3, 0.4) is 0 Å². The van der Waals surface area contributed by atoms with Crippen molar-refractivity contribution in [2.45, 2.75) is 6.04 Å². The molecule has 3 nitrogen and oxygen atoms in total. The van der Waals surface area contributed by atoms with Crippen LogP contribution in [-0.4, -0.2) is 4.92 Å². The minimum Gasteiger partial charge on any atom is -0.264 e. The molecule has 0 N–H and O–H groups in total. The van der Waals surface area contributed by atoms with Gasteiger partial charge in [-0.3, -0.25) is 10.1 Å². The first-order valence-electron chi connectivity index (χ1n) is 5.23. The number of hydrogen-bond donors (Lipinski definition) is 0. The lowest BCUT2D eigenvalue weighted by Gasteiger charge is -2.11. The highest BCUT2D eigenvalue weighted by Gasteiger charge is 2.27. The Kier molecular flexibility index (Phi) is 3.84. The first-order valence-corrected chi connectivity index (χ1v) is 5.98. The van der Waals surface area contributed by atoms with E-state index in [1.54, 1.807) is 36.4 Å². The zero-order valence-corrected chi connectivity index (χ0v) is 10.7. The molecule has 18 heavy (non-hydrogen) atoms. The number of halogens is 2. The number of nitro groups is 1. The van der Waals surface area contributed by atoms with Crippen LogP contribution >= 0.6 is 23.2 Å². The Morgan fingerprint density at radius 1 is 1.06 bits per heavy atom. The summed E-state index contributed by atoms with van der Waals surface area (Å²) in [6, 6.07) is 12.5. The molecule has 0 spiro atoms. The Morgan fingerprint density at radius 2 is 1.72 bits per heavy atom. The maximum atomic E-state index is 11.3. The molecule has 0 saturated heterocycles. The number of hydrogen-bond acceptors (Lipinski definition) is 2. The Hall–Kier alpha value is -1.58. The van der Waals surface area contributed by atoms with Crippen LogP contribution in [-0.2, 0) is 0 Å². The largest absolute Gasteiger partial charge is 0.264 e. The van der Waals surface area contributed by atoms with Gasteiger partial charge in [0.15, 0.2) is 0 Å². The van der Waals surface area contributed by atoms with E-state index in [2.05, 4.69) is 0 Å². The van der Waals surface area contributed by atoms with Gasteiger partial charge in [-0.2, -0.15) is 0 Å². The molecule has 0 amide bonds. The van der Waals surface area contributed by atoms with E-state index in [0.29, 0.717) is 21.2 Å². The van der Waals surface area contributed by atoms with Crippen molar-refractivity contribution in [2.75, 3.05) is 0 Å². The molecule has 1 atom stereocenters. The van der Waals surface area contributed by atoms with Crippen molar-refractivity contribution in [1.29, 1.82) is 0 Å². The predicted octanol–water partition coefficient (Wildman–Crippen LogP) is 4.36. The molecular weight excluding hydrogens is 273 g/mol. The first kappa shape index (κ1) is 12.9. The summed E-state index contributed by atoms with van der Waals surface area (Å²) in [6.45, 7) is 0. The topological polar surface area (TPSA) is 43.1 Å². The summed E-state index contributed by atoms with van der Waals surface area (Å²) >= 11 is 11.8. The Labute approximate surface area is 114 Å². The average Bonchev–Trinajstić information content (AvgIpc) is 2.33. The zero-order chi connectivity index (χ0) is 13.1. The summed E-state index contributed by atoms with van der Waals surface area (Å²) in [5, 5.41) is 12.0. The van der Waals surface area contributed by atoms with Crippen LogP contribution in [0, 0.1) is 10.1 Å². The molecule has 5 heteroatoms. The van der Waals surface area contributed by atoms with Crippen molar-refractivity contribution in [2.24, 2.45) is 0 Å². The van der Waals surface area contributed by atoms with E-state index < -0.39 is 6.04 Å². The van der Waals surface area contributed by atoms with E-state index in [-0.39, 0.29) is 4.92 Å². The molecule has 0 heterocycles. The third-order valence-corrected chi connectivity index (χ3v) is 3.15. The fraction of sp³-hybridized carbons (Fsp3) is 0.0769. The van der Waals surface area contributed by atoms with Crippen LogP contribution in [0.15, 0.2) is 48.5 Å². The van der Waals surface area contributed by atoms with Crippen molar-refractivity contribution in [3.05, 3.63) is 79.8 Å². The zero-order valence-electron chi connectivity index (χ0n) is 9.22. The van der Waals surface area contributed by atoms with Gasteiger partial charge in [-0.25, -0.2) is 0 Å². The second kappa shape index (κ2) is 5.38. The van der Waals surface area contributed by atoms with Crippen molar-refractivity contribution >= 4 is 23.2 Å². The highest BCUT2D eigenvalue weighted by molar-refractivity contribution is 6.35. The summed E-state index contributed by atoms with van der Waals surface area (Å²) in [4.78, 5) is 10.9. The van der Waals surface area contributed by atoms with Gasteiger partial charge in [-0.15, -0.1) is 0 Å². The third kappa shape index (κ3) is 2.63. The standard InChI is InChI=1S/C13H9Cl2NO2/c14-10-6-7-11(12(15)8-10)13(16(17)18)9-4-2-1-3-5-9/h1-8,13H. The van der Waals surface area contributed by atoms with Crippen LogP contribution in [0.2, 0.25) is 10.0 Å². The molecule has 2 rings (SSSR count). The Balaban J connectivity index is 2.52. The van der Waals surface area contributed by atoms with E-state index in [4.69, 9.17) is 23.2 Å². The molecule has 0 aliphatic heterocycles. The minimum absolute atomic E-state index is 0.299. The van der Waals surface area contributed by atoms with Crippen LogP contribution in [0.25, 0.3) is 0 Å². The molecule has 2 aromatic carbocycles. The van der Waals surface area contributed by atoms with Gasteiger partial charge in [0.1, 0.15) is 0 Å². The summed E-state index contributed by atoms with van der Waals surface area (Å²) < 4.78 is 0. The van der Waals surface area contributed by atoms with Crippen LogP contribution in [0.1, 0.15) is 17.2 Å². The first-order chi connectivity index (χ1) is 8.59. The lowest BCUT2D eigenvalue weighted by Crippen LogP contribution is -2.12. The van der Waals surface area contributed by atoms with E-state index in [1.165, 1.54) is 6.07 Å². The fourth-order valence-electron chi connectivity index (χ4n) is 1.77. The summed E-state index contributed by atoms with van der Waals surface area (Å²) in [6.07, 6.45) is 0. The highest BCUT2D eigenvalue weighted by atomic mass is 35.5. The van der Waals surface area contributed by atoms with Crippen LogP contribution < -0.4 is 0 Å². The summed E-state index contributed by atoms with van der Waals surface area (Å²) in [5.74, 6) is 0. The average molecular weight is 282 g/mol. The van der Waals surface area contributed by atoms with Gasteiger partial charge >= 0.3 is 0 Å². The van der Waals surface area contributed by atoms with Gasteiger partial charge in [0.05, 0.1) is 5.02 Å². The van der Waals surface area contributed by atoms with Gasteiger partial charge in [0.2, 0.25) is 0 Å². The summed E-state index contributed by atoms with van der Waals surface area (Å²) in [5.41, 5.74) is 1.03. The minimum atomic E-state index is -0.976. The van der Waals surface area contributed by atoms with Gasteiger partial charge in [0.25, 0.3) is 6.04 Å². The fourth-order valence-corrected chi connectivity index (χ4v) is 2.29. The molecular formula is C13H9Cl2NO2. The van der Waals surface area contributed by atoms with E-state index in [1.807, 2.05) is 6.07 Å². The van der Waals surface area contributed by atoms with Crippen molar-refractivity contribution in [1.82, 2.24) is 0 Å². The molecule has 1 unspecified atom stereocenters. The maximum Gasteiger partial charge on any atom is 0.264 e. The maximum absolute atomic E-state index is 11.3. The van der Waals surface area contributed by atoms with Gasteiger partial charge in [-0.05, 0) is 18.2 Å². The molecule has 0 bridgehead atoms. The Bertz CT molecular complexity index is 572. The van der Waals surface area contributed by atoms with Gasteiger partial charge in [-0.1, -0.05) is 53.5 Å². The third-order valence-electron chi connectivity index (χ3n) is 2.58. The SMILES string of the molecule is O=[N+]([O-])C(c1ccccc1)c1ccc(Cl)cc1Cl.